The van der Waals surface area contributed by atoms with Crippen LogP contribution in [0.4, 0.5) is 5.69 Å². The molecule has 0 aliphatic carbocycles. The summed E-state index contributed by atoms with van der Waals surface area (Å²) in [4.78, 5) is -0.125. The second kappa shape index (κ2) is 7.63. The van der Waals surface area contributed by atoms with E-state index < -0.39 is 19.9 Å². The van der Waals surface area contributed by atoms with Gasteiger partial charge < -0.3 is 0 Å². The summed E-state index contributed by atoms with van der Waals surface area (Å²) in [7, 11) is -7.31. The van der Waals surface area contributed by atoms with Gasteiger partial charge in [0.2, 0.25) is 19.9 Å². The van der Waals surface area contributed by atoms with Crippen LogP contribution in [0.25, 0.3) is 0 Å². The summed E-state index contributed by atoms with van der Waals surface area (Å²) in [6.45, 7) is 1.87. The molecule has 0 saturated heterocycles. The maximum Gasteiger partial charge on any atom is 0.232 e. The lowest BCUT2D eigenvalue weighted by atomic mass is 10.3. The van der Waals surface area contributed by atoms with Crippen molar-refractivity contribution in [2.75, 3.05) is 10.5 Å². The Morgan fingerprint density at radius 3 is 2.55 bits per heavy atom. The second-order valence-corrected chi connectivity index (χ2v) is 8.48. The lowest BCUT2D eigenvalue weighted by molar-refractivity contribution is 0.597. The van der Waals surface area contributed by atoms with E-state index in [1.165, 1.54) is 12.1 Å². The van der Waals surface area contributed by atoms with Crippen LogP contribution in [0.1, 0.15) is 19.8 Å². The first-order chi connectivity index (χ1) is 10.2. The molecule has 1 aromatic rings. The van der Waals surface area contributed by atoms with E-state index in [1.807, 2.05) is 6.92 Å². The highest BCUT2D eigenvalue weighted by Gasteiger charge is 2.16. The Morgan fingerprint density at radius 2 is 2.00 bits per heavy atom. The van der Waals surface area contributed by atoms with Crippen LogP contribution in [0.3, 0.4) is 0 Å². The van der Waals surface area contributed by atoms with Gasteiger partial charge >= 0.3 is 0 Å². The number of hydrogen-bond acceptors (Lipinski definition) is 5. The number of allylic oxidation sites excluding steroid dienone is 1. The number of halogens is 1. The SMILES string of the molecule is CCCCS(=O)(=O)Nc1ccc(S(=O)(=O)C=CC#N)cc1Cl. The molecule has 0 aromatic heterocycles. The fourth-order valence-corrected chi connectivity index (χ4v) is 4.08. The molecule has 1 N–H and O–H groups in total. The van der Waals surface area contributed by atoms with Gasteiger partial charge in [0.25, 0.3) is 0 Å². The van der Waals surface area contributed by atoms with Gasteiger partial charge in [0.1, 0.15) is 0 Å². The van der Waals surface area contributed by atoms with E-state index in [-0.39, 0.29) is 21.4 Å². The van der Waals surface area contributed by atoms with Gasteiger partial charge in [-0.1, -0.05) is 24.9 Å². The first-order valence-corrected chi connectivity index (χ1v) is 9.91. The number of hydrogen-bond donors (Lipinski definition) is 1. The summed E-state index contributed by atoms with van der Waals surface area (Å²) in [6, 6.07) is 5.22. The number of unbranched alkanes of at least 4 members (excludes halogenated alkanes) is 1. The summed E-state index contributed by atoms with van der Waals surface area (Å²) < 4.78 is 49.6. The third-order valence-corrected chi connectivity index (χ3v) is 5.70. The minimum absolute atomic E-state index is 0.0356. The maximum atomic E-state index is 11.8. The van der Waals surface area contributed by atoms with Crippen molar-refractivity contribution in [1.29, 1.82) is 5.26 Å². The van der Waals surface area contributed by atoms with Crippen molar-refractivity contribution in [2.24, 2.45) is 0 Å². The van der Waals surface area contributed by atoms with Crippen LogP contribution in [0.15, 0.2) is 34.6 Å². The Balaban J connectivity index is 3.06. The lowest BCUT2D eigenvalue weighted by Gasteiger charge is -2.10. The van der Waals surface area contributed by atoms with E-state index in [4.69, 9.17) is 16.9 Å². The second-order valence-electron chi connectivity index (χ2n) is 4.39. The smallest absolute Gasteiger partial charge is 0.232 e. The van der Waals surface area contributed by atoms with Crippen LogP contribution in [0.5, 0.6) is 0 Å². The number of rotatable bonds is 7. The molecular formula is C13H15ClN2O4S2. The Hall–Kier alpha value is -1.56. The molecule has 0 heterocycles. The molecule has 0 amide bonds. The Morgan fingerprint density at radius 1 is 1.32 bits per heavy atom. The molecule has 0 radical (unpaired) electrons. The zero-order valence-electron chi connectivity index (χ0n) is 11.8. The van der Waals surface area contributed by atoms with Crippen molar-refractivity contribution in [3.63, 3.8) is 0 Å². The summed E-state index contributed by atoms with van der Waals surface area (Å²) in [5.41, 5.74) is 0.112. The van der Waals surface area contributed by atoms with Gasteiger partial charge in [-0.25, -0.2) is 16.8 Å². The molecule has 9 heteroatoms. The van der Waals surface area contributed by atoms with Crippen molar-refractivity contribution < 1.29 is 16.8 Å². The van der Waals surface area contributed by atoms with E-state index in [2.05, 4.69) is 4.72 Å². The highest BCUT2D eigenvalue weighted by Crippen LogP contribution is 2.27. The summed E-state index contributed by atoms with van der Waals surface area (Å²) >= 11 is 5.93. The van der Waals surface area contributed by atoms with Gasteiger partial charge in [-0.15, -0.1) is 0 Å². The first kappa shape index (κ1) is 18.5. The van der Waals surface area contributed by atoms with Gasteiger partial charge in [-0.3, -0.25) is 4.72 Å². The third kappa shape index (κ3) is 5.33. The van der Waals surface area contributed by atoms with Crippen molar-refractivity contribution in [3.05, 3.63) is 34.7 Å². The highest BCUT2D eigenvalue weighted by molar-refractivity contribution is 7.94. The molecule has 1 aromatic carbocycles. The van der Waals surface area contributed by atoms with E-state index in [1.54, 1.807) is 6.07 Å². The fourth-order valence-electron chi connectivity index (χ4n) is 1.51. The summed E-state index contributed by atoms with van der Waals surface area (Å²) in [5.74, 6) is -0.0369. The number of anilines is 1. The molecule has 0 spiro atoms. The average molecular weight is 363 g/mol. The van der Waals surface area contributed by atoms with E-state index in [0.717, 1.165) is 24.0 Å². The maximum absolute atomic E-state index is 11.8. The third-order valence-electron chi connectivity index (χ3n) is 2.62. The van der Waals surface area contributed by atoms with E-state index in [9.17, 15) is 16.8 Å². The minimum Gasteiger partial charge on any atom is -0.282 e. The molecule has 22 heavy (non-hydrogen) atoms. The zero-order valence-corrected chi connectivity index (χ0v) is 14.2. The monoisotopic (exact) mass is 362 g/mol. The molecule has 0 aliphatic heterocycles. The highest BCUT2D eigenvalue weighted by atomic mass is 35.5. The molecule has 6 nitrogen and oxygen atoms in total. The van der Waals surface area contributed by atoms with E-state index >= 15 is 0 Å². The molecule has 0 aliphatic rings. The molecular weight excluding hydrogens is 348 g/mol. The Labute approximate surface area is 135 Å². The standard InChI is InChI=1S/C13H15ClN2O4S2/c1-2-3-9-22(19,20)16-13-6-5-11(10-12(13)14)21(17,18)8-4-7-15/h4-6,8,10,16H,2-3,9H2,1H3. The number of nitrogens with zero attached hydrogens (tertiary/aromatic N) is 1. The number of benzene rings is 1. The van der Waals surface area contributed by atoms with Crippen LogP contribution in [-0.2, 0) is 19.9 Å². The minimum atomic E-state index is -3.78. The first-order valence-electron chi connectivity index (χ1n) is 6.33. The molecule has 0 unspecified atom stereocenters. The predicted octanol–water partition coefficient (Wildman–Crippen LogP) is 2.69. The van der Waals surface area contributed by atoms with Gasteiger partial charge in [0.05, 0.1) is 27.4 Å². The average Bonchev–Trinajstić information content (AvgIpc) is 2.45. The summed E-state index contributed by atoms with van der Waals surface area (Å²) in [5, 5.41) is 9.09. The molecule has 0 saturated carbocycles. The number of sulfone groups is 1. The number of nitriles is 1. The number of sulfonamides is 1. The number of nitrogens with one attached hydrogen (secondary N) is 1. The molecule has 1 rings (SSSR count). The molecule has 120 valence electrons. The Kier molecular flexibility index (Phi) is 6.41. The largest absolute Gasteiger partial charge is 0.282 e. The topological polar surface area (TPSA) is 104 Å². The van der Waals surface area contributed by atoms with Crippen LogP contribution >= 0.6 is 11.6 Å². The summed E-state index contributed by atoms with van der Waals surface area (Å²) in [6.07, 6.45) is 2.08. The molecule has 0 fully saturated rings. The van der Waals surface area contributed by atoms with E-state index in [0.29, 0.717) is 6.42 Å². The predicted molar refractivity (Wildman–Crippen MR) is 85.7 cm³/mol. The van der Waals surface area contributed by atoms with Crippen LogP contribution in [-0.4, -0.2) is 22.6 Å². The van der Waals surface area contributed by atoms with Crippen molar-refractivity contribution >= 4 is 37.1 Å². The van der Waals surface area contributed by atoms with Crippen molar-refractivity contribution in [2.45, 2.75) is 24.7 Å². The van der Waals surface area contributed by atoms with Gasteiger partial charge in [-0.2, -0.15) is 5.26 Å². The quantitative estimate of drug-likeness (QED) is 0.751. The van der Waals surface area contributed by atoms with Crippen LogP contribution in [0, 0.1) is 11.3 Å². The van der Waals surface area contributed by atoms with Crippen molar-refractivity contribution in [3.8, 4) is 6.07 Å². The van der Waals surface area contributed by atoms with Gasteiger partial charge in [-0.05, 0) is 24.6 Å². The van der Waals surface area contributed by atoms with Crippen LogP contribution in [0.2, 0.25) is 5.02 Å². The normalized spacial score (nSPS) is 12.2. The molecule has 0 bridgehead atoms. The molecule has 0 atom stereocenters. The van der Waals surface area contributed by atoms with Gasteiger partial charge in [0.15, 0.2) is 0 Å². The van der Waals surface area contributed by atoms with Crippen LogP contribution < -0.4 is 4.72 Å². The lowest BCUT2D eigenvalue weighted by Crippen LogP contribution is -2.16. The zero-order chi connectivity index (χ0) is 16.8. The van der Waals surface area contributed by atoms with Gasteiger partial charge in [0, 0.05) is 11.5 Å². The Bertz CT molecular complexity index is 809. The van der Waals surface area contributed by atoms with Crippen molar-refractivity contribution in [1.82, 2.24) is 0 Å². The fraction of sp³-hybridized carbons (Fsp3) is 0.308.